The lowest BCUT2D eigenvalue weighted by atomic mass is 10.2. The molecule has 2 aromatic rings. The molecule has 2 rings (SSSR count). The minimum atomic E-state index is -0.487. The third kappa shape index (κ3) is 6.09. The Balaban J connectivity index is 2.04. The Bertz CT molecular complexity index is 826. The van der Waals surface area contributed by atoms with E-state index in [4.69, 9.17) is 26.8 Å². The molecule has 0 aliphatic heterocycles. The summed E-state index contributed by atoms with van der Waals surface area (Å²) in [6.07, 6.45) is 1.49. The predicted octanol–water partition coefficient (Wildman–Crippen LogP) is 3.86. The minimum absolute atomic E-state index is 0.167. The molecule has 0 radical (unpaired) electrons. The Kier molecular flexibility index (Phi) is 7.50. The van der Waals surface area contributed by atoms with Crippen LogP contribution in [0, 0.1) is 0 Å². The molecule has 26 heavy (non-hydrogen) atoms. The number of halogens is 1. The highest BCUT2D eigenvalue weighted by molar-refractivity contribution is 8.13. The Morgan fingerprint density at radius 3 is 2.69 bits per heavy atom. The van der Waals surface area contributed by atoms with Crippen molar-refractivity contribution < 1.29 is 14.3 Å². The molecule has 0 saturated carbocycles. The molecule has 0 bridgehead atoms. The standard InChI is InChI=1S/C18H18ClN3O3S/c1-12(23)25-17-15(19)8-14(9-16(17)24-2)10-21-22-18(20)26-11-13-6-4-3-5-7-13/h3-10H,11H2,1-2H3,(H2,20,22). The molecule has 8 heteroatoms. The average Bonchev–Trinajstić information content (AvgIpc) is 2.62. The molecule has 0 fully saturated rings. The number of nitrogens with two attached hydrogens (primary N) is 1. The number of carbonyl (C=O) groups excluding carboxylic acids is 1. The fourth-order valence-corrected chi connectivity index (χ4v) is 2.84. The van der Waals surface area contributed by atoms with Gasteiger partial charge in [-0.25, -0.2) is 0 Å². The van der Waals surface area contributed by atoms with E-state index in [1.807, 2.05) is 30.3 Å². The Labute approximate surface area is 161 Å². The maximum atomic E-state index is 11.1. The zero-order valence-corrected chi connectivity index (χ0v) is 15.9. The van der Waals surface area contributed by atoms with E-state index in [2.05, 4.69) is 10.2 Å². The molecule has 0 amide bonds. The highest BCUT2D eigenvalue weighted by Crippen LogP contribution is 2.36. The first-order valence-corrected chi connectivity index (χ1v) is 8.95. The van der Waals surface area contributed by atoms with E-state index in [0.29, 0.717) is 22.2 Å². The van der Waals surface area contributed by atoms with Gasteiger partial charge >= 0.3 is 5.97 Å². The number of esters is 1. The first-order valence-electron chi connectivity index (χ1n) is 7.58. The molecule has 2 aromatic carbocycles. The number of hydrogen-bond acceptors (Lipinski definition) is 6. The zero-order chi connectivity index (χ0) is 18.9. The number of thioether (sulfide) groups is 1. The van der Waals surface area contributed by atoms with Crippen LogP contribution in [0.5, 0.6) is 11.5 Å². The lowest BCUT2D eigenvalue weighted by Gasteiger charge is -2.10. The summed E-state index contributed by atoms with van der Waals surface area (Å²) < 4.78 is 10.2. The Morgan fingerprint density at radius 2 is 2.04 bits per heavy atom. The van der Waals surface area contributed by atoms with Crippen molar-refractivity contribution in [3.8, 4) is 11.5 Å². The molecule has 136 valence electrons. The van der Waals surface area contributed by atoms with Gasteiger partial charge in [0.1, 0.15) is 0 Å². The molecule has 6 nitrogen and oxygen atoms in total. The molecule has 0 aliphatic rings. The van der Waals surface area contributed by atoms with Gasteiger partial charge in [0.15, 0.2) is 16.7 Å². The van der Waals surface area contributed by atoms with Crippen LogP contribution in [-0.4, -0.2) is 24.5 Å². The largest absolute Gasteiger partial charge is 0.493 e. The van der Waals surface area contributed by atoms with Crippen LogP contribution in [0.3, 0.4) is 0 Å². The van der Waals surface area contributed by atoms with Crippen molar-refractivity contribution >= 4 is 40.7 Å². The third-order valence-corrected chi connectivity index (χ3v) is 4.23. The van der Waals surface area contributed by atoms with E-state index in [1.165, 1.54) is 32.0 Å². The molecule has 0 aliphatic carbocycles. The Hall–Kier alpha value is -2.51. The van der Waals surface area contributed by atoms with Crippen molar-refractivity contribution in [2.75, 3.05) is 7.11 Å². The van der Waals surface area contributed by atoms with E-state index >= 15 is 0 Å². The fraction of sp³-hybridized carbons (Fsp3) is 0.167. The molecule has 2 N–H and O–H groups in total. The van der Waals surface area contributed by atoms with Gasteiger partial charge in [-0.05, 0) is 17.7 Å². The van der Waals surface area contributed by atoms with E-state index in [1.54, 1.807) is 12.1 Å². The predicted molar refractivity (Wildman–Crippen MR) is 106 cm³/mol. The van der Waals surface area contributed by atoms with Gasteiger partial charge in [-0.2, -0.15) is 5.10 Å². The van der Waals surface area contributed by atoms with Crippen LogP contribution >= 0.6 is 23.4 Å². The van der Waals surface area contributed by atoms with Crippen LogP contribution in [-0.2, 0) is 10.5 Å². The van der Waals surface area contributed by atoms with Gasteiger partial charge in [-0.3, -0.25) is 4.79 Å². The molecule has 0 heterocycles. The second kappa shape index (κ2) is 9.84. The van der Waals surface area contributed by atoms with Gasteiger partial charge in [0.2, 0.25) is 0 Å². The van der Waals surface area contributed by atoms with Crippen molar-refractivity contribution in [2.45, 2.75) is 12.7 Å². The van der Waals surface area contributed by atoms with Crippen molar-refractivity contribution in [1.82, 2.24) is 0 Å². The molecule has 0 spiro atoms. The number of ether oxygens (including phenoxy) is 2. The number of rotatable bonds is 6. The quantitative estimate of drug-likeness (QED) is 0.265. The lowest BCUT2D eigenvalue weighted by molar-refractivity contribution is -0.132. The number of hydrogen-bond donors (Lipinski definition) is 1. The lowest BCUT2D eigenvalue weighted by Crippen LogP contribution is -2.06. The van der Waals surface area contributed by atoms with Gasteiger partial charge in [0.25, 0.3) is 0 Å². The van der Waals surface area contributed by atoms with Crippen LogP contribution in [0.2, 0.25) is 5.02 Å². The summed E-state index contributed by atoms with van der Waals surface area (Å²) in [5, 5.41) is 8.48. The first kappa shape index (κ1) is 19.8. The van der Waals surface area contributed by atoms with Gasteiger partial charge < -0.3 is 15.2 Å². The zero-order valence-electron chi connectivity index (χ0n) is 14.3. The number of carbonyl (C=O) groups is 1. The van der Waals surface area contributed by atoms with Gasteiger partial charge in [0, 0.05) is 18.2 Å². The van der Waals surface area contributed by atoms with Crippen LogP contribution in [0.25, 0.3) is 0 Å². The van der Waals surface area contributed by atoms with Crippen molar-refractivity contribution in [1.29, 1.82) is 0 Å². The van der Waals surface area contributed by atoms with Gasteiger partial charge in [0.05, 0.1) is 18.3 Å². The summed E-state index contributed by atoms with van der Waals surface area (Å²) in [5.74, 6) is 0.715. The smallest absolute Gasteiger partial charge is 0.308 e. The summed E-state index contributed by atoms with van der Waals surface area (Å²) in [7, 11) is 1.45. The number of benzene rings is 2. The maximum absolute atomic E-state index is 11.1. The molecular formula is C18H18ClN3O3S. The highest BCUT2D eigenvalue weighted by atomic mass is 35.5. The van der Waals surface area contributed by atoms with Crippen molar-refractivity contribution in [3.63, 3.8) is 0 Å². The van der Waals surface area contributed by atoms with E-state index in [9.17, 15) is 4.79 Å². The normalized spacial score (nSPS) is 11.6. The van der Waals surface area contributed by atoms with Crippen molar-refractivity contribution in [3.05, 3.63) is 58.6 Å². The minimum Gasteiger partial charge on any atom is -0.493 e. The van der Waals surface area contributed by atoms with Crippen LogP contribution in [0.1, 0.15) is 18.1 Å². The number of methoxy groups -OCH3 is 1. The number of amidine groups is 1. The summed E-state index contributed by atoms with van der Waals surface area (Å²) in [4.78, 5) is 11.1. The molecular weight excluding hydrogens is 374 g/mol. The summed E-state index contributed by atoms with van der Waals surface area (Å²) in [6.45, 7) is 1.29. The van der Waals surface area contributed by atoms with Crippen LogP contribution in [0.4, 0.5) is 0 Å². The van der Waals surface area contributed by atoms with E-state index < -0.39 is 5.97 Å². The SMILES string of the molecule is COc1cc(C=NN=C(N)SCc2ccccc2)cc(Cl)c1OC(C)=O. The fourth-order valence-electron chi connectivity index (χ4n) is 1.97. The molecule has 0 atom stereocenters. The van der Waals surface area contributed by atoms with E-state index in [0.717, 1.165) is 5.56 Å². The van der Waals surface area contributed by atoms with Gasteiger partial charge in [-0.15, -0.1) is 5.10 Å². The highest BCUT2D eigenvalue weighted by Gasteiger charge is 2.13. The summed E-state index contributed by atoms with van der Waals surface area (Å²) in [6, 6.07) is 13.2. The van der Waals surface area contributed by atoms with Gasteiger partial charge in [-0.1, -0.05) is 53.7 Å². The maximum Gasteiger partial charge on any atom is 0.308 e. The third-order valence-electron chi connectivity index (χ3n) is 3.09. The molecule has 0 unspecified atom stereocenters. The van der Waals surface area contributed by atoms with Crippen LogP contribution in [0.15, 0.2) is 52.7 Å². The van der Waals surface area contributed by atoms with E-state index in [-0.39, 0.29) is 10.8 Å². The second-order valence-corrected chi connectivity index (χ2v) is 6.49. The monoisotopic (exact) mass is 391 g/mol. The van der Waals surface area contributed by atoms with Crippen molar-refractivity contribution in [2.24, 2.45) is 15.9 Å². The van der Waals surface area contributed by atoms with Crippen LogP contribution < -0.4 is 15.2 Å². The summed E-state index contributed by atoms with van der Waals surface area (Å²) in [5.41, 5.74) is 7.62. The second-order valence-electron chi connectivity index (χ2n) is 5.08. The topological polar surface area (TPSA) is 86.3 Å². The molecule has 0 aromatic heterocycles. The first-order chi connectivity index (χ1) is 12.5. The average molecular weight is 392 g/mol. The summed E-state index contributed by atoms with van der Waals surface area (Å²) >= 11 is 7.52. The Morgan fingerprint density at radius 1 is 1.31 bits per heavy atom. The number of nitrogens with zero attached hydrogens (tertiary/aromatic N) is 2. The molecule has 0 saturated heterocycles.